The normalized spacial score (nSPS) is 43.0. The molecule has 1 N–H and O–H groups in total. The summed E-state index contributed by atoms with van der Waals surface area (Å²) in [5, 5.41) is 9.94. The van der Waals surface area contributed by atoms with Gasteiger partial charge in [0.25, 0.3) is 0 Å². The van der Waals surface area contributed by atoms with E-state index >= 15 is 0 Å². The first-order valence-electron chi connectivity index (χ1n) is 5.34. The summed E-state index contributed by atoms with van der Waals surface area (Å²) >= 11 is 0. The Bertz CT molecular complexity index is 133. The predicted octanol–water partition coefficient (Wildman–Crippen LogP) is 2.83. The molecule has 0 radical (unpaired) electrons. The fourth-order valence-electron chi connectivity index (χ4n) is 2.36. The van der Waals surface area contributed by atoms with Gasteiger partial charge in [0.1, 0.15) is 0 Å². The Balaban J connectivity index is 2.46. The molecule has 1 nitrogen and oxygen atoms in total. The molecule has 1 saturated carbocycles. The molecule has 0 aromatic rings. The average Bonchev–Trinajstić information content (AvgIpc) is 2.07. The van der Waals surface area contributed by atoms with Crippen molar-refractivity contribution in [2.75, 3.05) is 0 Å². The van der Waals surface area contributed by atoms with Gasteiger partial charge in [-0.05, 0) is 30.6 Å². The summed E-state index contributed by atoms with van der Waals surface area (Å²) in [5.74, 6) is 1.81. The average molecular weight is 170 g/mol. The Kier molecular flexibility index (Phi) is 3.57. The van der Waals surface area contributed by atoms with Crippen molar-refractivity contribution in [3.63, 3.8) is 0 Å². The highest BCUT2D eigenvalue weighted by molar-refractivity contribution is 4.82. The maximum absolute atomic E-state index is 9.94. The van der Waals surface area contributed by atoms with E-state index in [0.29, 0.717) is 17.8 Å². The second-order valence-corrected chi connectivity index (χ2v) is 4.45. The van der Waals surface area contributed by atoms with Crippen LogP contribution < -0.4 is 0 Å². The molecule has 0 saturated heterocycles. The highest BCUT2D eigenvalue weighted by Crippen LogP contribution is 2.35. The van der Waals surface area contributed by atoms with Crippen molar-refractivity contribution in [3.8, 4) is 0 Å². The Morgan fingerprint density at radius 2 is 1.92 bits per heavy atom. The minimum atomic E-state index is -0.0336. The Morgan fingerprint density at radius 3 is 2.50 bits per heavy atom. The minimum absolute atomic E-state index is 0.0336. The standard InChI is InChI=1S/C11H22O/c1-4-5-10-7-6-8(2)9(3)11(10)12/h8-12H,4-7H2,1-3H3. The Labute approximate surface area is 76.2 Å². The van der Waals surface area contributed by atoms with Crippen LogP contribution in [0.4, 0.5) is 0 Å². The van der Waals surface area contributed by atoms with Crippen LogP contribution in [0.3, 0.4) is 0 Å². The summed E-state index contributed by atoms with van der Waals surface area (Å²) in [7, 11) is 0. The third-order valence-electron chi connectivity index (χ3n) is 3.57. The van der Waals surface area contributed by atoms with Crippen LogP contribution in [0.15, 0.2) is 0 Å². The largest absolute Gasteiger partial charge is 0.393 e. The van der Waals surface area contributed by atoms with E-state index in [1.54, 1.807) is 0 Å². The zero-order valence-corrected chi connectivity index (χ0v) is 8.59. The van der Waals surface area contributed by atoms with Crippen molar-refractivity contribution in [1.29, 1.82) is 0 Å². The van der Waals surface area contributed by atoms with Crippen LogP contribution >= 0.6 is 0 Å². The summed E-state index contributed by atoms with van der Waals surface area (Å²) in [4.78, 5) is 0. The van der Waals surface area contributed by atoms with Crippen molar-refractivity contribution >= 4 is 0 Å². The second-order valence-electron chi connectivity index (χ2n) is 4.45. The van der Waals surface area contributed by atoms with Crippen molar-refractivity contribution in [3.05, 3.63) is 0 Å². The fraction of sp³-hybridized carbons (Fsp3) is 1.00. The predicted molar refractivity (Wildman–Crippen MR) is 52.0 cm³/mol. The van der Waals surface area contributed by atoms with Gasteiger partial charge in [-0.3, -0.25) is 0 Å². The zero-order chi connectivity index (χ0) is 9.14. The third kappa shape index (κ3) is 2.01. The molecule has 1 rings (SSSR count). The van der Waals surface area contributed by atoms with Crippen molar-refractivity contribution in [2.24, 2.45) is 17.8 Å². The van der Waals surface area contributed by atoms with Crippen LogP contribution in [0.5, 0.6) is 0 Å². The lowest BCUT2D eigenvalue weighted by atomic mass is 9.72. The van der Waals surface area contributed by atoms with Gasteiger partial charge in [0, 0.05) is 0 Å². The second kappa shape index (κ2) is 4.27. The first kappa shape index (κ1) is 10.0. The molecule has 4 atom stereocenters. The summed E-state index contributed by atoms with van der Waals surface area (Å²) in [6.45, 7) is 6.66. The molecule has 0 spiro atoms. The molecule has 0 aromatic carbocycles. The SMILES string of the molecule is CCCC1CCC(C)C(C)C1O. The number of aliphatic hydroxyl groups excluding tert-OH is 1. The number of hydrogen-bond donors (Lipinski definition) is 1. The quantitative estimate of drug-likeness (QED) is 0.675. The Hall–Kier alpha value is -0.0400. The van der Waals surface area contributed by atoms with E-state index in [-0.39, 0.29) is 6.10 Å². The van der Waals surface area contributed by atoms with E-state index in [4.69, 9.17) is 0 Å². The number of rotatable bonds is 2. The maximum Gasteiger partial charge on any atom is 0.0596 e. The van der Waals surface area contributed by atoms with Crippen LogP contribution in [0, 0.1) is 17.8 Å². The highest BCUT2D eigenvalue weighted by atomic mass is 16.3. The third-order valence-corrected chi connectivity index (χ3v) is 3.57. The molecule has 0 amide bonds. The van der Waals surface area contributed by atoms with Crippen LogP contribution in [-0.2, 0) is 0 Å². The first-order chi connectivity index (χ1) is 5.66. The molecule has 0 aromatic heterocycles. The maximum atomic E-state index is 9.94. The van der Waals surface area contributed by atoms with Gasteiger partial charge in [-0.25, -0.2) is 0 Å². The van der Waals surface area contributed by atoms with Gasteiger partial charge in [-0.1, -0.05) is 33.6 Å². The number of hydrogen-bond acceptors (Lipinski definition) is 1. The van der Waals surface area contributed by atoms with Gasteiger partial charge in [-0.2, -0.15) is 0 Å². The van der Waals surface area contributed by atoms with E-state index in [1.807, 2.05) is 0 Å². The highest BCUT2D eigenvalue weighted by Gasteiger charge is 2.32. The van der Waals surface area contributed by atoms with E-state index in [9.17, 15) is 5.11 Å². The molecule has 1 aliphatic carbocycles. The minimum Gasteiger partial charge on any atom is -0.393 e. The zero-order valence-electron chi connectivity index (χ0n) is 8.59. The lowest BCUT2D eigenvalue weighted by molar-refractivity contribution is -0.00485. The van der Waals surface area contributed by atoms with Gasteiger partial charge in [0.05, 0.1) is 6.10 Å². The van der Waals surface area contributed by atoms with Gasteiger partial charge in [0.15, 0.2) is 0 Å². The molecule has 1 heteroatoms. The molecule has 0 heterocycles. The van der Waals surface area contributed by atoms with Crippen molar-refractivity contribution < 1.29 is 5.11 Å². The summed E-state index contributed by atoms with van der Waals surface area (Å²) in [6, 6.07) is 0. The molecular formula is C11H22O. The van der Waals surface area contributed by atoms with E-state index < -0.39 is 0 Å². The molecular weight excluding hydrogens is 148 g/mol. The van der Waals surface area contributed by atoms with Crippen LogP contribution in [-0.4, -0.2) is 11.2 Å². The van der Waals surface area contributed by atoms with E-state index in [1.165, 1.54) is 25.7 Å². The summed E-state index contributed by atoms with van der Waals surface area (Å²) in [6.07, 6.45) is 4.93. The van der Waals surface area contributed by atoms with E-state index in [2.05, 4.69) is 20.8 Å². The topological polar surface area (TPSA) is 20.2 Å². The fourth-order valence-corrected chi connectivity index (χ4v) is 2.36. The number of aliphatic hydroxyl groups is 1. The molecule has 1 aliphatic rings. The molecule has 0 aliphatic heterocycles. The first-order valence-corrected chi connectivity index (χ1v) is 5.34. The van der Waals surface area contributed by atoms with Gasteiger partial charge in [0.2, 0.25) is 0 Å². The van der Waals surface area contributed by atoms with E-state index in [0.717, 1.165) is 0 Å². The van der Waals surface area contributed by atoms with Crippen LogP contribution in [0.2, 0.25) is 0 Å². The summed E-state index contributed by atoms with van der Waals surface area (Å²) in [5.41, 5.74) is 0. The smallest absolute Gasteiger partial charge is 0.0596 e. The molecule has 12 heavy (non-hydrogen) atoms. The monoisotopic (exact) mass is 170 g/mol. The summed E-state index contributed by atoms with van der Waals surface area (Å²) < 4.78 is 0. The van der Waals surface area contributed by atoms with Gasteiger partial charge >= 0.3 is 0 Å². The lowest BCUT2D eigenvalue weighted by Gasteiger charge is -2.37. The van der Waals surface area contributed by atoms with Crippen molar-refractivity contribution in [1.82, 2.24) is 0 Å². The molecule has 72 valence electrons. The van der Waals surface area contributed by atoms with Gasteiger partial charge < -0.3 is 5.11 Å². The lowest BCUT2D eigenvalue weighted by Crippen LogP contribution is -2.36. The van der Waals surface area contributed by atoms with Crippen LogP contribution in [0.25, 0.3) is 0 Å². The molecule has 4 unspecified atom stereocenters. The molecule has 1 fully saturated rings. The molecule has 0 bridgehead atoms. The van der Waals surface area contributed by atoms with Crippen LogP contribution in [0.1, 0.15) is 46.5 Å². The van der Waals surface area contributed by atoms with Gasteiger partial charge in [-0.15, -0.1) is 0 Å². The van der Waals surface area contributed by atoms with Crippen molar-refractivity contribution in [2.45, 2.75) is 52.6 Å². The Morgan fingerprint density at radius 1 is 1.25 bits per heavy atom.